The maximum absolute atomic E-state index is 6.34. The number of rotatable bonds is 8. The molecule has 0 saturated heterocycles. The Morgan fingerprint density at radius 3 is 1.53 bits per heavy atom. The Kier molecular flexibility index (Phi) is 8.46. The van der Waals surface area contributed by atoms with E-state index < -0.39 is 0 Å². The third-order valence-electron chi connectivity index (χ3n) is 12.1. The van der Waals surface area contributed by atoms with Gasteiger partial charge in [-0.1, -0.05) is 133 Å². The third kappa shape index (κ3) is 6.00. The smallest absolute Gasteiger partial charge is 0.136 e. The summed E-state index contributed by atoms with van der Waals surface area (Å²) in [6.07, 6.45) is 0. The van der Waals surface area contributed by atoms with Crippen LogP contribution >= 0.6 is 0 Å². The van der Waals surface area contributed by atoms with Crippen molar-refractivity contribution in [3.63, 3.8) is 0 Å². The molecule has 0 spiro atoms. The minimum atomic E-state index is 0.895. The first-order chi connectivity index (χ1) is 30.7. The van der Waals surface area contributed by atoms with Crippen LogP contribution in [-0.2, 0) is 0 Å². The first kappa shape index (κ1) is 35.6. The zero-order valence-corrected chi connectivity index (χ0v) is 33.8. The summed E-state index contributed by atoms with van der Waals surface area (Å²) in [5, 5.41) is 7.09. The van der Waals surface area contributed by atoms with Crippen molar-refractivity contribution in [3.8, 4) is 16.8 Å². The van der Waals surface area contributed by atoms with Gasteiger partial charge >= 0.3 is 0 Å². The van der Waals surface area contributed by atoms with Gasteiger partial charge in [-0.25, -0.2) is 0 Å². The van der Waals surface area contributed by atoms with Crippen LogP contribution in [0.5, 0.6) is 0 Å². The van der Waals surface area contributed by atoms with Crippen molar-refractivity contribution in [2.45, 2.75) is 0 Å². The maximum atomic E-state index is 6.34. The summed E-state index contributed by atoms with van der Waals surface area (Å²) in [5.74, 6) is 0. The van der Waals surface area contributed by atoms with Gasteiger partial charge in [-0.2, -0.15) is 0 Å². The van der Waals surface area contributed by atoms with Gasteiger partial charge in [0.2, 0.25) is 0 Å². The number of fused-ring (bicyclic) bond motifs is 7. The highest BCUT2D eigenvalue weighted by atomic mass is 16.3. The quantitative estimate of drug-likeness (QED) is 0.153. The first-order valence-electron chi connectivity index (χ1n) is 21.1. The van der Waals surface area contributed by atoms with Crippen LogP contribution in [0.25, 0.3) is 71.3 Å². The van der Waals surface area contributed by atoms with Crippen LogP contribution in [0.3, 0.4) is 0 Å². The van der Waals surface area contributed by atoms with Crippen LogP contribution in [0, 0.1) is 0 Å². The van der Waals surface area contributed by atoms with E-state index in [0.717, 1.165) is 78.4 Å². The number of anilines is 6. The van der Waals surface area contributed by atoms with Crippen molar-refractivity contribution < 1.29 is 4.42 Å². The van der Waals surface area contributed by atoms with Gasteiger partial charge in [0, 0.05) is 50.0 Å². The second kappa shape index (κ2) is 14.7. The molecule has 2 heterocycles. The van der Waals surface area contributed by atoms with Gasteiger partial charge in [-0.3, -0.25) is 0 Å². The van der Waals surface area contributed by atoms with Crippen molar-refractivity contribution in [1.82, 2.24) is 4.57 Å². The van der Waals surface area contributed by atoms with E-state index in [0.29, 0.717) is 0 Å². The minimum absolute atomic E-state index is 0.895. The Morgan fingerprint density at radius 1 is 0.306 bits per heavy atom. The average molecular weight is 794 g/mol. The van der Waals surface area contributed by atoms with E-state index in [1.807, 2.05) is 0 Å². The molecular weight excluding hydrogens is 755 g/mol. The zero-order chi connectivity index (χ0) is 41.0. The van der Waals surface area contributed by atoms with Crippen LogP contribution in [0.4, 0.5) is 34.1 Å². The standard InChI is InChI=1S/C58H39N3O/c1-4-18-44(19-5-1)59(47-31-28-40(29-32-47)43-30-35-57-51(37-43)52-36-41-16-10-11-17-42(41)38-58(52)62-57)54-26-14-15-27-55(54)60(45-20-6-2-7-21-45)48-33-34-50-49-24-12-13-25-53(49)61(56(50)39-48)46-22-8-3-9-23-46/h1-39H. The van der Waals surface area contributed by atoms with Crippen LogP contribution in [0.15, 0.2) is 241 Å². The van der Waals surface area contributed by atoms with E-state index in [1.165, 1.54) is 27.1 Å². The normalized spacial score (nSPS) is 11.5. The molecule has 12 aromatic rings. The van der Waals surface area contributed by atoms with Gasteiger partial charge in [-0.05, 0) is 125 Å². The molecule has 0 unspecified atom stereocenters. The van der Waals surface area contributed by atoms with Gasteiger partial charge in [0.05, 0.1) is 22.4 Å². The van der Waals surface area contributed by atoms with Crippen molar-refractivity contribution in [2.24, 2.45) is 0 Å². The minimum Gasteiger partial charge on any atom is -0.456 e. The monoisotopic (exact) mass is 793 g/mol. The highest BCUT2D eigenvalue weighted by Gasteiger charge is 2.23. The fourth-order valence-electron chi connectivity index (χ4n) is 9.25. The van der Waals surface area contributed by atoms with E-state index in [4.69, 9.17) is 4.42 Å². The van der Waals surface area contributed by atoms with E-state index >= 15 is 0 Å². The molecule has 62 heavy (non-hydrogen) atoms. The summed E-state index contributed by atoms with van der Waals surface area (Å²) in [7, 11) is 0. The fourth-order valence-corrected chi connectivity index (χ4v) is 9.25. The maximum Gasteiger partial charge on any atom is 0.136 e. The lowest BCUT2D eigenvalue weighted by molar-refractivity contribution is 0.669. The molecule has 0 N–H and O–H groups in total. The Hall–Kier alpha value is -8.34. The molecule has 292 valence electrons. The summed E-state index contributed by atoms with van der Waals surface area (Å²) in [4.78, 5) is 4.76. The van der Waals surface area contributed by atoms with Crippen LogP contribution in [-0.4, -0.2) is 4.57 Å². The number of nitrogens with zero attached hydrogens (tertiary/aromatic N) is 3. The summed E-state index contributed by atoms with van der Waals surface area (Å²) >= 11 is 0. The third-order valence-corrected chi connectivity index (χ3v) is 12.1. The lowest BCUT2D eigenvalue weighted by atomic mass is 10.0. The molecule has 0 aliphatic heterocycles. The van der Waals surface area contributed by atoms with Gasteiger partial charge < -0.3 is 18.8 Å². The molecule has 4 heteroatoms. The molecule has 0 atom stereocenters. The van der Waals surface area contributed by atoms with Gasteiger partial charge in [-0.15, -0.1) is 0 Å². The molecule has 2 aromatic heterocycles. The number of hydrogen-bond acceptors (Lipinski definition) is 3. The number of para-hydroxylation sites is 6. The van der Waals surface area contributed by atoms with Crippen LogP contribution in [0.1, 0.15) is 0 Å². The number of hydrogen-bond donors (Lipinski definition) is 0. The number of benzene rings is 10. The highest BCUT2D eigenvalue weighted by Crippen LogP contribution is 2.47. The Labute approximate surface area is 359 Å². The molecule has 12 rings (SSSR count). The van der Waals surface area contributed by atoms with E-state index in [2.05, 4.69) is 251 Å². The number of furan rings is 1. The molecule has 0 bridgehead atoms. The van der Waals surface area contributed by atoms with Gasteiger partial charge in [0.1, 0.15) is 11.2 Å². The average Bonchev–Trinajstić information content (AvgIpc) is 3.87. The molecule has 0 saturated carbocycles. The second-order valence-electron chi connectivity index (χ2n) is 15.8. The summed E-state index contributed by atoms with van der Waals surface area (Å²) in [6, 6.07) is 84.7. The predicted molar refractivity (Wildman–Crippen MR) is 260 cm³/mol. The number of aromatic nitrogens is 1. The summed E-state index contributed by atoms with van der Waals surface area (Å²) in [6.45, 7) is 0. The highest BCUT2D eigenvalue weighted by molar-refractivity contribution is 6.12. The molecule has 10 aromatic carbocycles. The van der Waals surface area contributed by atoms with Crippen LogP contribution in [0.2, 0.25) is 0 Å². The Bertz CT molecular complexity index is 3570. The van der Waals surface area contributed by atoms with E-state index in [9.17, 15) is 0 Å². The topological polar surface area (TPSA) is 24.6 Å². The van der Waals surface area contributed by atoms with Crippen LogP contribution < -0.4 is 9.80 Å². The summed E-state index contributed by atoms with van der Waals surface area (Å²) in [5.41, 5.74) is 13.9. The fraction of sp³-hybridized carbons (Fsp3) is 0. The van der Waals surface area contributed by atoms with Crippen molar-refractivity contribution in [2.75, 3.05) is 9.80 Å². The van der Waals surface area contributed by atoms with Crippen molar-refractivity contribution in [3.05, 3.63) is 237 Å². The molecule has 0 aliphatic rings. The van der Waals surface area contributed by atoms with Crippen molar-refractivity contribution in [1.29, 1.82) is 0 Å². The molecule has 0 aliphatic carbocycles. The van der Waals surface area contributed by atoms with Gasteiger partial charge in [0.15, 0.2) is 0 Å². The zero-order valence-electron chi connectivity index (χ0n) is 33.8. The molecule has 0 radical (unpaired) electrons. The van der Waals surface area contributed by atoms with Crippen molar-refractivity contribution >= 4 is 88.6 Å². The molecule has 4 nitrogen and oxygen atoms in total. The predicted octanol–water partition coefficient (Wildman–Crippen LogP) is 16.4. The largest absolute Gasteiger partial charge is 0.456 e. The molecule has 0 fully saturated rings. The lowest BCUT2D eigenvalue weighted by Crippen LogP contribution is -2.17. The first-order valence-corrected chi connectivity index (χ1v) is 21.1. The summed E-state index contributed by atoms with van der Waals surface area (Å²) < 4.78 is 8.73. The SMILES string of the molecule is c1ccc(N(c2ccc(-c3ccc4oc5cc6ccccc6cc5c4c3)cc2)c2ccccc2N(c2ccccc2)c2ccc3c4ccccc4n(-c4ccccc4)c3c2)cc1. The second-order valence-corrected chi connectivity index (χ2v) is 15.8. The lowest BCUT2D eigenvalue weighted by Gasteiger charge is -2.33. The molecular formula is C58H39N3O. The Morgan fingerprint density at radius 2 is 0.823 bits per heavy atom. The van der Waals surface area contributed by atoms with E-state index in [-0.39, 0.29) is 0 Å². The van der Waals surface area contributed by atoms with E-state index in [1.54, 1.807) is 0 Å². The Balaban J connectivity index is 0.997. The molecule has 0 amide bonds. The van der Waals surface area contributed by atoms with Gasteiger partial charge in [0.25, 0.3) is 0 Å².